The summed E-state index contributed by atoms with van der Waals surface area (Å²) >= 11 is 0. The Hall–Kier alpha value is -1.31. The first-order valence-corrected chi connectivity index (χ1v) is 3.79. The van der Waals surface area contributed by atoms with E-state index in [1.165, 1.54) is 19.3 Å². The number of carbonyl (C=O) groups excluding carboxylic acids is 1. The molecular weight excluding hydrogens is 152 g/mol. The van der Waals surface area contributed by atoms with Crippen molar-refractivity contribution in [1.29, 1.82) is 0 Å². The van der Waals surface area contributed by atoms with Crippen LogP contribution < -0.4 is 0 Å². The molecule has 0 unspecified atom stereocenters. The number of allylic oxidation sites excluding steroid dienone is 2. The summed E-state index contributed by atoms with van der Waals surface area (Å²) in [6.45, 7) is 10.9. The Morgan fingerprint density at radius 2 is 1.83 bits per heavy atom. The number of carbonyl (C=O) groups is 1. The Balaban J connectivity index is 0. The van der Waals surface area contributed by atoms with E-state index < -0.39 is 5.97 Å². The highest BCUT2D eigenvalue weighted by Gasteiger charge is 2.01. The Morgan fingerprint density at radius 1 is 1.33 bits per heavy atom. The van der Waals surface area contributed by atoms with Crippen LogP contribution in [0.25, 0.3) is 0 Å². The first-order chi connectivity index (χ1) is 5.76. The Labute approximate surface area is 74.2 Å². The molecule has 2 heteroatoms. The SMILES string of the molecule is C=C/C=C(\C=C)C(=O)OC.CC. The van der Waals surface area contributed by atoms with Crippen LogP contribution >= 0.6 is 0 Å². The maximum atomic E-state index is 10.7. The van der Waals surface area contributed by atoms with Crippen LogP contribution in [0.5, 0.6) is 0 Å². The lowest BCUT2D eigenvalue weighted by molar-refractivity contribution is -0.135. The van der Waals surface area contributed by atoms with Gasteiger partial charge in [0.1, 0.15) is 0 Å². The highest BCUT2D eigenvalue weighted by molar-refractivity contribution is 5.91. The summed E-state index contributed by atoms with van der Waals surface area (Å²) in [4.78, 5) is 10.7. The molecule has 0 heterocycles. The zero-order valence-corrected chi connectivity index (χ0v) is 7.96. The first kappa shape index (κ1) is 13.3. The van der Waals surface area contributed by atoms with Crippen LogP contribution in [-0.2, 0) is 9.53 Å². The monoisotopic (exact) mass is 168 g/mol. The molecule has 0 N–H and O–H groups in total. The van der Waals surface area contributed by atoms with Crippen molar-refractivity contribution in [2.24, 2.45) is 0 Å². The van der Waals surface area contributed by atoms with Crippen molar-refractivity contribution in [2.45, 2.75) is 13.8 Å². The van der Waals surface area contributed by atoms with Crippen molar-refractivity contribution in [2.75, 3.05) is 7.11 Å². The zero-order valence-electron chi connectivity index (χ0n) is 7.96. The zero-order chi connectivity index (χ0) is 9.98. The predicted octanol–water partition coefficient (Wildman–Crippen LogP) is 2.48. The van der Waals surface area contributed by atoms with Crippen LogP contribution in [-0.4, -0.2) is 13.1 Å². The van der Waals surface area contributed by atoms with Crippen LogP contribution in [0.3, 0.4) is 0 Å². The second-order valence-electron chi connectivity index (χ2n) is 1.55. The van der Waals surface area contributed by atoms with Crippen LogP contribution in [0.15, 0.2) is 37.0 Å². The van der Waals surface area contributed by atoms with E-state index in [9.17, 15) is 4.79 Å². The summed E-state index contributed by atoms with van der Waals surface area (Å²) in [7, 11) is 1.32. The van der Waals surface area contributed by atoms with Crippen molar-refractivity contribution in [3.05, 3.63) is 37.0 Å². The maximum Gasteiger partial charge on any atom is 0.337 e. The van der Waals surface area contributed by atoms with Gasteiger partial charge >= 0.3 is 5.97 Å². The van der Waals surface area contributed by atoms with E-state index >= 15 is 0 Å². The number of hydrogen-bond donors (Lipinski definition) is 0. The highest BCUT2D eigenvalue weighted by atomic mass is 16.5. The van der Waals surface area contributed by atoms with Crippen LogP contribution in [0.4, 0.5) is 0 Å². The molecule has 0 bridgehead atoms. The quantitative estimate of drug-likeness (QED) is 0.367. The molecule has 0 aliphatic heterocycles. The van der Waals surface area contributed by atoms with Crippen LogP contribution in [0.2, 0.25) is 0 Å². The minimum Gasteiger partial charge on any atom is -0.465 e. The number of hydrogen-bond acceptors (Lipinski definition) is 2. The lowest BCUT2D eigenvalue weighted by Gasteiger charge is -1.95. The predicted molar refractivity (Wildman–Crippen MR) is 51.8 cm³/mol. The Kier molecular flexibility index (Phi) is 10.7. The van der Waals surface area contributed by atoms with Crippen LogP contribution in [0.1, 0.15) is 13.8 Å². The molecule has 0 atom stereocenters. The molecule has 0 aliphatic carbocycles. The maximum absolute atomic E-state index is 10.7. The molecule has 68 valence electrons. The summed E-state index contributed by atoms with van der Waals surface area (Å²) in [6, 6.07) is 0. The third-order valence-electron chi connectivity index (χ3n) is 0.938. The number of esters is 1. The fourth-order valence-electron chi connectivity index (χ4n) is 0.464. The molecule has 0 fully saturated rings. The molecular formula is C10H16O2. The fraction of sp³-hybridized carbons (Fsp3) is 0.300. The van der Waals surface area contributed by atoms with E-state index in [0.717, 1.165) is 0 Å². The second-order valence-corrected chi connectivity index (χ2v) is 1.55. The standard InChI is InChI=1S/C8H10O2.C2H6/c1-4-6-7(5-2)8(9)10-3;1-2/h4-6H,1-2H2,3H3;1-2H3/b7-6+;. The third-order valence-corrected chi connectivity index (χ3v) is 0.938. The van der Waals surface area contributed by atoms with Gasteiger partial charge in [-0.3, -0.25) is 0 Å². The highest BCUT2D eigenvalue weighted by Crippen LogP contribution is 1.97. The topological polar surface area (TPSA) is 26.3 Å². The minimum atomic E-state index is -0.394. The van der Waals surface area contributed by atoms with Gasteiger partial charge in [0, 0.05) is 0 Å². The van der Waals surface area contributed by atoms with E-state index in [1.807, 2.05) is 13.8 Å². The number of rotatable bonds is 3. The van der Waals surface area contributed by atoms with Crippen molar-refractivity contribution in [1.82, 2.24) is 0 Å². The molecule has 0 aromatic rings. The average Bonchev–Trinajstić information content (AvgIpc) is 2.16. The molecule has 12 heavy (non-hydrogen) atoms. The summed E-state index contributed by atoms with van der Waals surface area (Å²) < 4.78 is 4.43. The van der Waals surface area contributed by atoms with Crippen molar-refractivity contribution in [3.63, 3.8) is 0 Å². The van der Waals surface area contributed by atoms with Gasteiger partial charge in [-0.15, -0.1) is 0 Å². The van der Waals surface area contributed by atoms with Gasteiger partial charge in [0.15, 0.2) is 0 Å². The number of methoxy groups -OCH3 is 1. The van der Waals surface area contributed by atoms with Gasteiger partial charge in [0.05, 0.1) is 12.7 Å². The lowest BCUT2D eigenvalue weighted by atomic mass is 10.2. The fourth-order valence-corrected chi connectivity index (χ4v) is 0.464. The largest absolute Gasteiger partial charge is 0.465 e. The summed E-state index contributed by atoms with van der Waals surface area (Å²) in [5.41, 5.74) is 0.414. The van der Waals surface area contributed by atoms with E-state index in [1.54, 1.807) is 6.08 Å². The van der Waals surface area contributed by atoms with Gasteiger partial charge in [-0.2, -0.15) is 0 Å². The van der Waals surface area contributed by atoms with Gasteiger partial charge < -0.3 is 4.74 Å². The van der Waals surface area contributed by atoms with Gasteiger partial charge in [-0.05, 0) is 6.08 Å². The minimum absolute atomic E-state index is 0.394. The van der Waals surface area contributed by atoms with E-state index in [-0.39, 0.29) is 0 Å². The van der Waals surface area contributed by atoms with Gasteiger partial charge in [-0.25, -0.2) is 4.79 Å². The molecule has 0 rings (SSSR count). The summed E-state index contributed by atoms with van der Waals surface area (Å²) in [5, 5.41) is 0. The smallest absolute Gasteiger partial charge is 0.337 e. The van der Waals surface area contributed by atoms with Crippen molar-refractivity contribution in [3.8, 4) is 0 Å². The van der Waals surface area contributed by atoms with E-state index in [2.05, 4.69) is 17.9 Å². The third kappa shape index (κ3) is 5.47. The first-order valence-electron chi connectivity index (χ1n) is 3.79. The lowest BCUT2D eigenvalue weighted by Crippen LogP contribution is -2.01. The summed E-state index contributed by atoms with van der Waals surface area (Å²) in [6.07, 6.45) is 4.47. The molecule has 2 nitrogen and oxygen atoms in total. The van der Waals surface area contributed by atoms with Gasteiger partial charge in [-0.1, -0.05) is 39.2 Å². The summed E-state index contributed by atoms with van der Waals surface area (Å²) in [5.74, 6) is -0.394. The van der Waals surface area contributed by atoms with Gasteiger partial charge in [0.2, 0.25) is 0 Å². The molecule has 0 aromatic carbocycles. The molecule has 0 aliphatic rings. The molecule has 0 aromatic heterocycles. The van der Waals surface area contributed by atoms with Crippen LogP contribution in [0, 0.1) is 0 Å². The van der Waals surface area contributed by atoms with Gasteiger partial charge in [0.25, 0.3) is 0 Å². The van der Waals surface area contributed by atoms with E-state index in [4.69, 9.17) is 0 Å². The molecule has 0 amide bonds. The average molecular weight is 168 g/mol. The molecule has 0 radical (unpaired) electrons. The molecule has 0 saturated heterocycles. The van der Waals surface area contributed by atoms with E-state index in [0.29, 0.717) is 5.57 Å². The number of ether oxygens (including phenoxy) is 1. The second kappa shape index (κ2) is 9.69. The van der Waals surface area contributed by atoms with Crippen molar-refractivity contribution >= 4 is 5.97 Å². The molecule has 0 spiro atoms. The Morgan fingerprint density at radius 3 is 2.08 bits per heavy atom. The molecule has 0 saturated carbocycles. The van der Waals surface area contributed by atoms with Crippen molar-refractivity contribution < 1.29 is 9.53 Å². The Bertz CT molecular complexity index is 178. The normalized spacial score (nSPS) is 9.08.